The minimum atomic E-state index is -3.76. The summed E-state index contributed by atoms with van der Waals surface area (Å²) in [4.78, 5) is 3.93. The summed E-state index contributed by atoms with van der Waals surface area (Å²) in [5.41, 5.74) is 0.353. The molecule has 0 aromatic carbocycles. The van der Waals surface area contributed by atoms with Crippen LogP contribution in [0.1, 0.15) is 0 Å². The van der Waals surface area contributed by atoms with Gasteiger partial charge in [-0.1, -0.05) is 5.21 Å². The molecule has 0 saturated carbocycles. The molecule has 18 heavy (non-hydrogen) atoms. The van der Waals surface area contributed by atoms with Gasteiger partial charge in [-0.3, -0.25) is 4.72 Å². The minimum Gasteiger partial charge on any atom is -0.277 e. The van der Waals surface area contributed by atoms with Crippen LogP contribution in [0.25, 0.3) is 0 Å². The molecule has 2 heterocycles. The minimum absolute atomic E-state index is 0.0505. The predicted octanol–water partition coefficient (Wildman–Crippen LogP) is 1.54. The van der Waals surface area contributed by atoms with E-state index in [1.165, 1.54) is 17.9 Å². The predicted molar refractivity (Wildman–Crippen MR) is 71.4 cm³/mol. The number of nitrogens with zero attached hydrogens (tertiary/aromatic N) is 4. The fraction of sp³-hybridized carbons (Fsp3) is 0.125. The molecule has 0 atom stereocenters. The summed E-state index contributed by atoms with van der Waals surface area (Å²) >= 11 is 6.21. The summed E-state index contributed by atoms with van der Waals surface area (Å²) in [5, 5.41) is 7.19. The Morgan fingerprint density at radius 1 is 1.33 bits per heavy atom. The van der Waals surface area contributed by atoms with Crippen molar-refractivity contribution in [3.05, 3.63) is 27.5 Å². The van der Waals surface area contributed by atoms with Crippen LogP contribution in [0.4, 0.5) is 5.69 Å². The summed E-state index contributed by atoms with van der Waals surface area (Å²) in [6.07, 6.45) is 1.40. The van der Waals surface area contributed by atoms with Gasteiger partial charge in [0.1, 0.15) is 4.60 Å². The highest BCUT2D eigenvalue weighted by Crippen LogP contribution is 2.21. The Balaban J connectivity index is 2.36. The van der Waals surface area contributed by atoms with E-state index in [-0.39, 0.29) is 9.63 Å². The van der Waals surface area contributed by atoms with Crippen molar-refractivity contribution in [1.29, 1.82) is 0 Å². The maximum Gasteiger partial charge on any atom is 0.281 e. The molecule has 2 aromatic heterocycles. The van der Waals surface area contributed by atoms with Gasteiger partial charge in [0.25, 0.3) is 10.0 Å². The molecule has 0 aliphatic rings. The molecular formula is C8H7Br2N5O2S. The molecule has 0 amide bonds. The number of pyridine rings is 1. The fourth-order valence-electron chi connectivity index (χ4n) is 1.25. The first-order valence-corrected chi connectivity index (χ1v) is 7.66. The zero-order chi connectivity index (χ0) is 13.3. The van der Waals surface area contributed by atoms with Crippen molar-refractivity contribution in [3.8, 4) is 0 Å². The van der Waals surface area contributed by atoms with Crippen LogP contribution in [-0.4, -0.2) is 28.4 Å². The van der Waals surface area contributed by atoms with E-state index < -0.39 is 10.0 Å². The van der Waals surface area contributed by atoms with Crippen LogP contribution in [0.3, 0.4) is 0 Å². The smallest absolute Gasteiger partial charge is 0.277 e. The van der Waals surface area contributed by atoms with Gasteiger partial charge in [0.15, 0.2) is 4.60 Å². The number of hydrogen-bond acceptors (Lipinski definition) is 5. The van der Waals surface area contributed by atoms with E-state index in [0.29, 0.717) is 10.3 Å². The SMILES string of the molecule is Cn1nnc(Br)c1S(=O)(=O)Nc1ccc(Br)nc1. The first-order valence-electron chi connectivity index (χ1n) is 4.60. The summed E-state index contributed by atoms with van der Waals surface area (Å²) < 4.78 is 28.5. The third-order valence-corrected chi connectivity index (χ3v) is 4.71. The van der Waals surface area contributed by atoms with Gasteiger partial charge in [0.05, 0.1) is 11.9 Å². The number of hydrogen-bond donors (Lipinski definition) is 1. The molecule has 1 N–H and O–H groups in total. The number of anilines is 1. The molecule has 96 valence electrons. The van der Waals surface area contributed by atoms with Gasteiger partial charge in [0, 0.05) is 7.05 Å². The Hall–Kier alpha value is -1.000. The van der Waals surface area contributed by atoms with Crippen molar-refractivity contribution in [2.24, 2.45) is 7.05 Å². The number of nitrogens with one attached hydrogen (secondary N) is 1. The lowest BCUT2D eigenvalue weighted by molar-refractivity contribution is 0.578. The molecule has 0 radical (unpaired) electrons. The Bertz CT molecular complexity index is 648. The van der Waals surface area contributed by atoms with E-state index in [0.717, 1.165) is 0 Å². The maximum atomic E-state index is 12.1. The van der Waals surface area contributed by atoms with Crippen molar-refractivity contribution >= 4 is 47.6 Å². The summed E-state index contributed by atoms with van der Waals surface area (Å²) in [6.45, 7) is 0. The van der Waals surface area contributed by atoms with Gasteiger partial charge in [-0.05, 0) is 44.0 Å². The number of aromatic nitrogens is 4. The van der Waals surface area contributed by atoms with Crippen molar-refractivity contribution in [2.75, 3.05) is 4.72 Å². The Kier molecular flexibility index (Phi) is 3.69. The van der Waals surface area contributed by atoms with Crippen molar-refractivity contribution in [1.82, 2.24) is 20.0 Å². The molecule has 10 heteroatoms. The van der Waals surface area contributed by atoms with Crippen LogP contribution in [0.2, 0.25) is 0 Å². The lowest BCUT2D eigenvalue weighted by Gasteiger charge is -2.07. The largest absolute Gasteiger partial charge is 0.281 e. The van der Waals surface area contributed by atoms with Gasteiger partial charge < -0.3 is 0 Å². The molecule has 0 spiro atoms. The average Bonchev–Trinajstić information content (AvgIpc) is 2.62. The van der Waals surface area contributed by atoms with Gasteiger partial charge in [-0.25, -0.2) is 9.67 Å². The summed E-state index contributed by atoms with van der Waals surface area (Å²) in [7, 11) is -2.27. The number of halogens is 2. The van der Waals surface area contributed by atoms with Crippen LogP contribution in [-0.2, 0) is 17.1 Å². The average molecular weight is 397 g/mol. The van der Waals surface area contributed by atoms with E-state index in [1.807, 2.05) is 0 Å². The maximum absolute atomic E-state index is 12.1. The molecule has 0 unspecified atom stereocenters. The molecule has 0 bridgehead atoms. The zero-order valence-corrected chi connectivity index (χ0v) is 13.0. The van der Waals surface area contributed by atoms with E-state index in [4.69, 9.17) is 0 Å². The van der Waals surface area contributed by atoms with Crippen molar-refractivity contribution in [3.63, 3.8) is 0 Å². The first-order chi connectivity index (χ1) is 8.40. The molecule has 0 fully saturated rings. The van der Waals surface area contributed by atoms with Crippen LogP contribution in [0, 0.1) is 0 Å². The zero-order valence-electron chi connectivity index (χ0n) is 9.00. The molecule has 0 saturated heterocycles. The van der Waals surface area contributed by atoms with Crippen LogP contribution in [0.15, 0.2) is 32.6 Å². The molecule has 0 aliphatic heterocycles. The van der Waals surface area contributed by atoms with Crippen molar-refractivity contribution < 1.29 is 8.42 Å². The van der Waals surface area contributed by atoms with Crippen LogP contribution < -0.4 is 4.72 Å². The highest BCUT2D eigenvalue weighted by Gasteiger charge is 2.23. The lowest BCUT2D eigenvalue weighted by atomic mass is 10.4. The van der Waals surface area contributed by atoms with Gasteiger partial charge >= 0.3 is 0 Å². The normalized spacial score (nSPS) is 11.5. The molecule has 2 rings (SSSR count). The highest BCUT2D eigenvalue weighted by molar-refractivity contribution is 9.10. The van der Waals surface area contributed by atoms with Crippen LogP contribution in [0.5, 0.6) is 0 Å². The Labute approximate surface area is 120 Å². The monoisotopic (exact) mass is 395 g/mol. The van der Waals surface area contributed by atoms with E-state index in [1.54, 1.807) is 12.1 Å². The Morgan fingerprint density at radius 2 is 2.06 bits per heavy atom. The number of aryl methyl sites for hydroxylation is 1. The van der Waals surface area contributed by atoms with E-state index >= 15 is 0 Å². The standard InChI is InChI=1S/C8H7Br2N5O2S/c1-15-8(7(10)12-14-15)18(16,17)13-5-2-3-6(9)11-4-5/h2-4,13H,1H3. The lowest BCUT2D eigenvalue weighted by Crippen LogP contribution is -2.17. The Morgan fingerprint density at radius 3 is 2.56 bits per heavy atom. The summed E-state index contributed by atoms with van der Waals surface area (Å²) in [5.74, 6) is 0. The summed E-state index contributed by atoms with van der Waals surface area (Å²) in [6, 6.07) is 3.22. The van der Waals surface area contributed by atoms with Crippen molar-refractivity contribution in [2.45, 2.75) is 5.03 Å². The van der Waals surface area contributed by atoms with Crippen LogP contribution >= 0.6 is 31.9 Å². The second-order valence-corrected chi connectivity index (χ2v) is 6.45. The number of rotatable bonds is 3. The number of sulfonamides is 1. The van der Waals surface area contributed by atoms with Gasteiger partial charge in [-0.15, -0.1) is 5.10 Å². The first kappa shape index (κ1) is 13.4. The van der Waals surface area contributed by atoms with E-state index in [9.17, 15) is 8.42 Å². The topological polar surface area (TPSA) is 89.8 Å². The fourth-order valence-corrected chi connectivity index (χ4v) is 3.62. The highest BCUT2D eigenvalue weighted by atomic mass is 79.9. The third-order valence-electron chi connectivity index (χ3n) is 1.97. The quantitative estimate of drug-likeness (QED) is 0.794. The van der Waals surface area contributed by atoms with E-state index in [2.05, 4.69) is 51.9 Å². The molecule has 2 aromatic rings. The molecule has 0 aliphatic carbocycles. The third kappa shape index (κ3) is 2.70. The van der Waals surface area contributed by atoms with Gasteiger partial charge in [0.2, 0.25) is 5.03 Å². The van der Waals surface area contributed by atoms with Gasteiger partial charge in [-0.2, -0.15) is 8.42 Å². The molecule has 7 nitrogen and oxygen atoms in total. The second-order valence-electron chi connectivity index (χ2n) is 3.28. The molecular weight excluding hydrogens is 390 g/mol. The second kappa shape index (κ2) is 4.94.